The zero-order chi connectivity index (χ0) is 21.1. The Hall–Kier alpha value is -3.57. The highest BCUT2D eigenvalue weighted by Gasteiger charge is 2.16. The van der Waals surface area contributed by atoms with Gasteiger partial charge in [-0.1, -0.05) is 6.07 Å². The molecule has 0 spiro atoms. The van der Waals surface area contributed by atoms with Gasteiger partial charge in [-0.3, -0.25) is 0 Å². The summed E-state index contributed by atoms with van der Waals surface area (Å²) in [5, 5.41) is 20.4. The minimum absolute atomic E-state index is 0.198. The lowest BCUT2D eigenvalue weighted by atomic mass is 10.1. The van der Waals surface area contributed by atoms with Crippen LogP contribution >= 0.6 is 12.2 Å². The maximum Gasteiger partial charge on any atom is 0.231 e. The van der Waals surface area contributed by atoms with E-state index in [2.05, 4.69) is 53.0 Å². The number of hydrogen-bond donors (Lipinski definition) is 3. The number of nitrogens with zero attached hydrogens (tertiary/aromatic N) is 2. The van der Waals surface area contributed by atoms with Gasteiger partial charge in [-0.05, 0) is 61.5 Å². The molecule has 0 radical (unpaired) electrons. The van der Waals surface area contributed by atoms with Crippen molar-refractivity contribution in [3.63, 3.8) is 0 Å². The third-order valence-corrected chi connectivity index (χ3v) is 5.14. The molecule has 0 aliphatic carbocycles. The summed E-state index contributed by atoms with van der Waals surface area (Å²) in [6.45, 7) is 5.46. The number of rotatable bonds is 5. The Balaban J connectivity index is 1.36. The molecule has 7 nitrogen and oxygen atoms in total. The summed E-state index contributed by atoms with van der Waals surface area (Å²) in [7, 11) is 0. The van der Waals surface area contributed by atoms with Gasteiger partial charge in [0.25, 0.3) is 0 Å². The Morgan fingerprint density at radius 3 is 2.67 bits per heavy atom. The maximum atomic E-state index is 9.49. The van der Waals surface area contributed by atoms with Gasteiger partial charge in [0.1, 0.15) is 11.9 Å². The molecular weight excluding hydrogens is 398 g/mol. The molecule has 0 saturated heterocycles. The number of nitrogens with one attached hydrogen (secondary N) is 3. The molecule has 2 heterocycles. The van der Waals surface area contributed by atoms with Crippen LogP contribution in [0.3, 0.4) is 0 Å². The highest BCUT2D eigenvalue weighted by molar-refractivity contribution is 7.80. The van der Waals surface area contributed by atoms with Crippen molar-refractivity contribution in [1.82, 2.24) is 10.3 Å². The first-order valence-electron chi connectivity index (χ1n) is 9.54. The average molecular weight is 420 g/mol. The molecule has 0 amide bonds. The monoisotopic (exact) mass is 419 g/mol. The number of aromatic nitrogens is 1. The van der Waals surface area contributed by atoms with Crippen molar-refractivity contribution in [2.75, 3.05) is 30.5 Å². The number of pyridine rings is 1. The van der Waals surface area contributed by atoms with E-state index in [-0.39, 0.29) is 6.79 Å². The van der Waals surface area contributed by atoms with Gasteiger partial charge in [0.2, 0.25) is 6.79 Å². The fraction of sp³-hybridized carbons (Fsp3) is 0.227. The molecule has 1 aliphatic rings. The molecule has 1 aromatic heterocycles. The minimum atomic E-state index is 0.198. The largest absolute Gasteiger partial charge is 0.454 e. The lowest BCUT2D eigenvalue weighted by Crippen LogP contribution is -2.32. The number of hydrogen-bond acceptors (Lipinski definition) is 6. The van der Waals surface area contributed by atoms with Crippen LogP contribution in [-0.2, 0) is 0 Å². The lowest BCUT2D eigenvalue weighted by Gasteiger charge is -2.13. The summed E-state index contributed by atoms with van der Waals surface area (Å²) in [5.41, 5.74) is 4.60. The molecule has 0 fully saturated rings. The molecule has 4 rings (SSSR count). The van der Waals surface area contributed by atoms with E-state index in [1.54, 1.807) is 6.07 Å². The summed E-state index contributed by atoms with van der Waals surface area (Å²) >= 11 is 5.36. The van der Waals surface area contributed by atoms with Crippen LogP contribution in [0, 0.1) is 25.2 Å². The Morgan fingerprint density at radius 2 is 1.90 bits per heavy atom. The van der Waals surface area contributed by atoms with Gasteiger partial charge >= 0.3 is 0 Å². The van der Waals surface area contributed by atoms with Gasteiger partial charge in [0.05, 0.1) is 11.1 Å². The zero-order valence-corrected chi connectivity index (χ0v) is 17.5. The van der Waals surface area contributed by atoms with Crippen molar-refractivity contribution < 1.29 is 9.47 Å². The van der Waals surface area contributed by atoms with Crippen LogP contribution in [0.1, 0.15) is 16.7 Å². The van der Waals surface area contributed by atoms with E-state index >= 15 is 0 Å². The second-order valence-electron chi connectivity index (χ2n) is 7.00. The number of benzene rings is 2. The predicted octanol–water partition coefficient (Wildman–Crippen LogP) is 3.85. The van der Waals surface area contributed by atoms with E-state index in [9.17, 15) is 5.26 Å². The Bertz CT molecular complexity index is 1170. The smallest absolute Gasteiger partial charge is 0.231 e. The molecule has 3 aromatic rings. The Kier molecular flexibility index (Phi) is 5.55. The molecule has 2 aromatic carbocycles. The second kappa shape index (κ2) is 8.43. The van der Waals surface area contributed by atoms with Crippen LogP contribution in [0.15, 0.2) is 36.4 Å². The quantitative estimate of drug-likeness (QED) is 0.424. The van der Waals surface area contributed by atoms with Crippen molar-refractivity contribution in [1.29, 1.82) is 5.26 Å². The zero-order valence-electron chi connectivity index (χ0n) is 16.7. The average Bonchev–Trinajstić information content (AvgIpc) is 3.18. The summed E-state index contributed by atoms with van der Waals surface area (Å²) in [6, 6.07) is 13.8. The number of ether oxygens (including phenoxy) is 2. The van der Waals surface area contributed by atoms with E-state index in [1.807, 2.05) is 18.2 Å². The first-order valence-corrected chi connectivity index (χ1v) is 9.95. The highest BCUT2D eigenvalue weighted by atomic mass is 32.1. The molecule has 152 valence electrons. The van der Waals surface area contributed by atoms with Gasteiger partial charge < -0.3 is 25.4 Å². The molecule has 0 saturated carbocycles. The van der Waals surface area contributed by atoms with Crippen molar-refractivity contribution in [2.24, 2.45) is 0 Å². The molecule has 1 aliphatic heterocycles. The predicted molar refractivity (Wildman–Crippen MR) is 121 cm³/mol. The minimum Gasteiger partial charge on any atom is -0.454 e. The first kappa shape index (κ1) is 19.7. The number of nitriles is 1. The van der Waals surface area contributed by atoms with Crippen LogP contribution in [-0.4, -0.2) is 30.0 Å². The third-order valence-electron chi connectivity index (χ3n) is 4.90. The van der Waals surface area contributed by atoms with Crippen LogP contribution in [0.5, 0.6) is 11.5 Å². The number of fused-ring (bicyclic) bond motifs is 2. The summed E-state index contributed by atoms with van der Waals surface area (Å²) < 4.78 is 10.8. The van der Waals surface area contributed by atoms with Crippen molar-refractivity contribution >= 4 is 39.7 Å². The molecule has 3 N–H and O–H groups in total. The van der Waals surface area contributed by atoms with Gasteiger partial charge in [0.15, 0.2) is 16.6 Å². The molecule has 0 atom stereocenters. The van der Waals surface area contributed by atoms with Crippen LogP contribution in [0.4, 0.5) is 11.5 Å². The summed E-state index contributed by atoms with van der Waals surface area (Å²) in [6.07, 6.45) is 0. The van der Waals surface area contributed by atoms with Crippen molar-refractivity contribution in [2.45, 2.75) is 13.8 Å². The van der Waals surface area contributed by atoms with Crippen molar-refractivity contribution in [3.05, 3.63) is 53.1 Å². The van der Waals surface area contributed by atoms with E-state index in [4.69, 9.17) is 21.7 Å². The van der Waals surface area contributed by atoms with E-state index in [0.29, 0.717) is 41.1 Å². The van der Waals surface area contributed by atoms with E-state index < -0.39 is 0 Å². The van der Waals surface area contributed by atoms with Crippen molar-refractivity contribution in [3.8, 4) is 17.6 Å². The second-order valence-corrected chi connectivity index (χ2v) is 7.41. The Labute approximate surface area is 180 Å². The highest BCUT2D eigenvalue weighted by Crippen LogP contribution is 2.36. The van der Waals surface area contributed by atoms with Gasteiger partial charge in [0, 0.05) is 30.2 Å². The number of aryl methyl sites for hydroxylation is 2. The fourth-order valence-corrected chi connectivity index (χ4v) is 3.36. The third kappa shape index (κ3) is 4.21. The number of anilines is 2. The maximum absolute atomic E-state index is 9.49. The van der Waals surface area contributed by atoms with E-state index in [1.165, 1.54) is 11.1 Å². The van der Waals surface area contributed by atoms with Crippen LogP contribution in [0.25, 0.3) is 10.9 Å². The van der Waals surface area contributed by atoms with Gasteiger partial charge in [-0.2, -0.15) is 5.26 Å². The molecule has 8 heteroatoms. The lowest BCUT2D eigenvalue weighted by molar-refractivity contribution is 0.174. The standard InChI is InChI=1S/C22H21N5O2S/c1-13-3-4-17(7-14(13)2)26-22(30)25-6-5-24-21-16(11-23)8-15-9-19-20(29-12-28-19)10-18(15)27-21/h3-4,7-10H,5-6,12H2,1-2H3,(H,24,27)(H2,25,26,30). The van der Waals surface area contributed by atoms with E-state index in [0.717, 1.165) is 16.6 Å². The summed E-state index contributed by atoms with van der Waals surface area (Å²) in [4.78, 5) is 4.58. The Morgan fingerprint density at radius 1 is 1.10 bits per heavy atom. The normalized spacial score (nSPS) is 11.8. The molecule has 30 heavy (non-hydrogen) atoms. The topological polar surface area (TPSA) is 91.2 Å². The molecular formula is C22H21N5O2S. The van der Waals surface area contributed by atoms with Gasteiger partial charge in [-0.15, -0.1) is 0 Å². The molecule has 0 bridgehead atoms. The first-order chi connectivity index (χ1) is 14.5. The fourth-order valence-electron chi connectivity index (χ4n) is 3.14. The van der Waals surface area contributed by atoms with Crippen LogP contribution < -0.4 is 25.4 Å². The SMILES string of the molecule is Cc1ccc(NC(=S)NCCNc2nc3cc4c(cc3cc2C#N)OCO4)cc1C. The van der Waals surface area contributed by atoms with Crippen LogP contribution in [0.2, 0.25) is 0 Å². The number of thiocarbonyl (C=S) groups is 1. The summed E-state index contributed by atoms with van der Waals surface area (Å²) in [5.74, 6) is 1.86. The molecule has 0 unspecified atom stereocenters. The van der Waals surface area contributed by atoms with Gasteiger partial charge in [-0.25, -0.2) is 4.98 Å².